The van der Waals surface area contributed by atoms with Crippen molar-refractivity contribution in [2.45, 2.75) is 6.92 Å². The fourth-order valence-corrected chi connectivity index (χ4v) is 4.29. The minimum atomic E-state index is -0.359. The van der Waals surface area contributed by atoms with Gasteiger partial charge in [-0.05, 0) is 36.2 Å². The van der Waals surface area contributed by atoms with Crippen LogP contribution in [0.25, 0.3) is 44.3 Å². The topological polar surface area (TPSA) is 82.4 Å². The van der Waals surface area contributed by atoms with Crippen LogP contribution in [0.5, 0.6) is 0 Å². The standard InChI is InChI=1S/C25H15ClN4O/c1-14-21(17-10-16-8-5-9-28-23(16)19(26)11-17)24(15-6-3-2-4-7-15)30-25-22(14)18(13-27)12-20(31)29-25/h2-12H,1H3,(H,29,30,31). The van der Waals surface area contributed by atoms with E-state index in [-0.39, 0.29) is 11.1 Å². The predicted molar refractivity (Wildman–Crippen MR) is 123 cm³/mol. The maximum atomic E-state index is 12.1. The summed E-state index contributed by atoms with van der Waals surface area (Å²) in [6.07, 6.45) is 1.71. The average molecular weight is 423 g/mol. The van der Waals surface area contributed by atoms with Crippen LogP contribution in [0.1, 0.15) is 11.1 Å². The van der Waals surface area contributed by atoms with E-state index in [0.717, 1.165) is 33.2 Å². The van der Waals surface area contributed by atoms with Crippen LogP contribution in [0.4, 0.5) is 0 Å². The van der Waals surface area contributed by atoms with Crippen molar-refractivity contribution in [2.75, 3.05) is 0 Å². The van der Waals surface area contributed by atoms with Gasteiger partial charge in [-0.2, -0.15) is 5.26 Å². The predicted octanol–water partition coefficient (Wildman–Crippen LogP) is 5.64. The number of benzene rings is 2. The Balaban J connectivity index is 1.95. The summed E-state index contributed by atoms with van der Waals surface area (Å²) in [5.41, 5.74) is 5.21. The third kappa shape index (κ3) is 3.14. The van der Waals surface area contributed by atoms with Crippen LogP contribution < -0.4 is 5.56 Å². The zero-order valence-corrected chi connectivity index (χ0v) is 17.2. The van der Waals surface area contributed by atoms with Crippen molar-refractivity contribution in [3.63, 3.8) is 0 Å². The molecular formula is C25H15ClN4O. The number of nitrogens with one attached hydrogen (secondary N) is 1. The maximum absolute atomic E-state index is 12.1. The summed E-state index contributed by atoms with van der Waals surface area (Å²) in [6, 6.07) is 20.9. The Bertz CT molecular complexity index is 1580. The number of pyridine rings is 3. The first-order valence-corrected chi connectivity index (χ1v) is 10.0. The summed E-state index contributed by atoms with van der Waals surface area (Å²) in [4.78, 5) is 24.1. The first-order valence-electron chi connectivity index (χ1n) is 9.64. The molecule has 3 heterocycles. The van der Waals surface area contributed by atoms with Gasteiger partial charge in [-0.3, -0.25) is 9.78 Å². The molecule has 0 aliphatic rings. The van der Waals surface area contributed by atoms with Gasteiger partial charge in [0.2, 0.25) is 0 Å². The molecule has 0 saturated heterocycles. The van der Waals surface area contributed by atoms with Gasteiger partial charge in [0.15, 0.2) is 0 Å². The number of halogens is 1. The summed E-state index contributed by atoms with van der Waals surface area (Å²) in [5.74, 6) is 0. The lowest BCUT2D eigenvalue weighted by Crippen LogP contribution is -2.09. The minimum Gasteiger partial charge on any atom is -0.306 e. The molecule has 0 saturated carbocycles. The smallest absolute Gasteiger partial charge is 0.250 e. The normalized spacial score (nSPS) is 11.0. The monoisotopic (exact) mass is 422 g/mol. The Labute approximate surface area is 182 Å². The van der Waals surface area contributed by atoms with E-state index < -0.39 is 0 Å². The number of fused-ring (bicyclic) bond motifs is 2. The van der Waals surface area contributed by atoms with Gasteiger partial charge in [-0.25, -0.2) is 4.98 Å². The van der Waals surface area contributed by atoms with E-state index in [1.807, 2.05) is 61.5 Å². The van der Waals surface area contributed by atoms with Gasteiger partial charge in [-0.15, -0.1) is 0 Å². The van der Waals surface area contributed by atoms with Gasteiger partial charge >= 0.3 is 0 Å². The van der Waals surface area contributed by atoms with Gasteiger partial charge in [0.05, 0.1) is 21.8 Å². The van der Waals surface area contributed by atoms with Gasteiger partial charge in [0.25, 0.3) is 5.56 Å². The lowest BCUT2D eigenvalue weighted by atomic mass is 9.91. The van der Waals surface area contributed by atoms with Gasteiger partial charge in [0, 0.05) is 34.2 Å². The second kappa shape index (κ2) is 7.35. The van der Waals surface area contributed by atoms with E-state index in [1.165, 1.54) is 6.07 Å². The number of aryl methyl sites for hydroxylation is 1. The molecule has 0 atom stereocenters. The molecule has 3 aromatic heterocycles. The van der Waals surface area contributed by atoms with Crippen LogP contribution in [0.15, 0.2) is 71.7 Å². The molecule has 6 heteroatoms. The maximum Gasteiger partial charge on any atom is 0.250 e. The number of hydrogen-bond acceptors (Lipinski definition) is 4. The Morgan fingerprint density at radius 3 is 2.61 bits per heavy atom. The largest absolute Gasteiger partial charge is 0.306 e. The number of rotatable bonds is 2. The van der Waals surface area contributed by atoms with Gasteiger partial charge < -0.3 is 4.98 Å². The highest BCUT2D eigenvalue weighted by molar-refractivity contribution is 6.35. The number of nitrogens with zero attached hydrogens (tertiary/aromatic N) is 3. The Morgan fingerprint density at radius 2 is 1.84 bits per heavy atom. The molecule has 5 aromatic rings. The number of aromatic amines is 1. The van der Waals surface area contributed by atoms with Crippen LogP contribution in [-0.4, -0.2) is 15.0 Å². The molecule has 31 heavy (non-hydrogen) atoms. The quantitative estimate of drug-likeness (QED) is 0.399. The van der Waals surface area contributed by atoms with Crippen molar-refractivity contribution in [1.29, 1.82) is 5.26 Å². The molecule has 0 amide bonds. The second-order valence-corrected chi connectivity index (χ2v) is 7.65. The molecule has 2 aromatic carbocycles. The van der Waals surface area contributed by atoms with E-state index in [4.69, 9.17) is 16.6 Å². The zero-order valence-electron chi connectivity index (χ0n) is 16.5. The fourth-order valence-electron chi connectivity index (χ4n) is 4.02. The second-order valence-electron chi connectivity index (χ2n) is 7.24. The Morgan fingerprint density at radius 1 is 1.03 bits per heavy atom. The summed E-state index contributed by atoms with van der Waals surface area (Å²) in [7, 11) is 0. The van der Waals surface area contributed by atoms with Crippen LogP contribution in [0.2, 0.25) is 5.02 Å². The molecule has 1 N–H and O–H groups in total. The molecule has 5 nitrogen and oxygen atoms in total. The highest BCUT2D eigenvalue weighted by atomic mass is 35.5. The highest BCUT2D eigenvalue weighted by Crippen LogP contribution is 2.39. The third-order valence-electron chi connectivity index (χ3n) is 5.35. The van der Waals surface area contributed by atoms with Gasteiger partial charge in [0.1, 0.15) is 11.7 Å². The molecule has 0 radical (unpaired) electrons. The minimum absolute atomic E-state index is 0.290. The molecule has 0 aliphatic carbocycles. The van der Waals surface area contributed by atoms with Crippen LogP contribution in [0, 0.1) is 18.3 Å². The number of aromatic nitrogens is 3. The molecule has 0 spiro atoms. The van der Waals surface area contributed by atoms with Crippen molar-refractivity contribution in [3.8, 4) is 28.5 Å². The van der Waals surface area contributed by atoms with E-state index in [0.29, 0.717) is 21.7 Å². The lowest BCUT2D eigenvalue weighted by molar-refractivity contribution is 1.21. The fraction of sp³-hybridized carbons (Fsp3) is 0.0400. The van der Waals surface area contributed by atoms with E-state index in [2.05, 4.69) is 16.0 Å². The van der Waals surface area contributed by atoms with Crippen molar-refractivity contribution >= 4 is 33.5 Å². The Hall–Kier alpha value is -4.01. The van der Waals surface area contributed by atoms with Crippen molar-refractivity contribution < 1.29 is 0 Å². The summed E-state index contributed by atoms with van der Waals surface area (Å²) < 4.78 is 0. The van der Waals surface area contributed by atoms with Gasteiger partial charge in [-0.1, -0.05) is 48.0 Å². The number of hydrogen-bond donors (Lipinski definition) is 1. The Kier molecular flexibility index (Phi) is 4.50. The van der Waals surface area contributed by atoms with Crippen molar-refractivity contribution in [2.24, 2.45) is 0 Å². The first-order chi connectivity index (χ1) is 15.1. The molecular weight excluding hydrogens is 408 g/mol. The lowest BCUT2D eigenvalue weighted by Gasteiger charge is -2.17. The average Bonchev–Trinajstić information content (AvgIpc) is 2.78. The molecule has 0 bridgehead atoms. The summed E-state index contributed by atoms with van der Waals surface area (Å²) >= 11 is 6.58. The third-order valence-corrected chi connectivity index (χ3v) is 5.64. The summed E-state index contributed by atoms with van der Waals surface area (Å²) in [5, 5.41) is 11.7. The molecule has 5 rings (SSSR count). The van der Waals surface area contributed by atoms with Crippen LogP contribution in [0.3, 0.4) is 0 Å². The van der Waals surface area contributed by atoms with Crippen molar-refractivity contribution in [3.05, 3.63) is 93.4 Å². The number of H-pyrrole nitrogens is 1. The van der Waals surface area contributed by atoms with E-state index in [1.54, 1.807) is 6.20 Å². The molecule has 0 unspecified atom stereocenters. The van der Waals surface area contributed by atoms with Crippen molar-refractivity contribution in [1.82, 2.24) is 15.0 Å². The van der Waals surface area contributed by atoms with E-state index >= 15 is 0 Å². The SMILES string of the molecule is Cc1c(-c2cc(Cl)c3ncccc3c2)c(-c2ccccc2)nc2[nH]c(=O)cc(C#N)c12. The highest BCUT2D eigenvalue weighted by Gasteiger charge is 2.19. The molecule has 148 valence electrons. The number of nitriles is 1. The molecule has 0 aliphatic heterocycles. The van der Waals surface area contributed by atoms with Crippen LogP contribution in [-0.2, 0) is 0 Å². The van der Waals surface area contributed by atoms with Crippen LogP contribution >= 0.6 is 11.6 Å². The van der Waals surface area contributed by atoms with E-state index in [9.17, 15) is 10.1 Å². The molecule has 0 fully saturated rings. The summed E-state index contributed by atoms with van der Waals surface area (Å²) in [6.45, 7) is 1.94. The zero-order chi connectivity index (χ0) is 21.5. The first kappa shape index (κ1) is 19.0.